The van der Waals surface area contributed by atoms with Crippen LogP contribution in [-0.4, -0.2) is 60.4 Å². The first kappa shape index (κ1) is 27.5. The Morgan fingerprint density at radius 3 is 2.33 bits per heavy atom. The van der Waals surface area contributed by atoms with Gasteiger partial charge in [0, 0.05) is 66.9 Å². The number of aromatic nitrogens is 2. The standard InChI is InChI=1S/C29H33ClN6O2S/c30-24-3-6-27-28(9-14-33-29(27)19-24)34-15-18-35-16-10-25(11-17-35)36(21-23-7-12-32-13-8-23)20-22-1-4-26(5-2-22)39(31,37)38/h1-9,12-14,19,25H,10-11,15-18,20-21H2,(H,33,34)(H2,31,37,38). The molecule has 204 valence electrons. The lowest BCUT2D eigenvalue weighted by atomic mass is 10.0. The van der Waals surface area contributed by atoms with Gasteiger partial charge < -0.3 is 10.2 Å². The van der Waals surface area contributed by atoms with Crippen LogP contribution in [0.5, 0.6) is 0 Å². The summed E-state index contributed by atoms with van der Waals surface area (Å²) in [6.45, 7) is 5.41. The van der Waals surface area contributed by atoms with Crippen LogP contribution in [0.25, 0.3) is 10.9 Å². The molecule has 39 heavy (non-hydrogen) atoms. The van der Waals surface area contributed by atoms with E-state index in [1.807, 2.05) is 55.0 Å². The van der Waals surface area contributed by atoms with E-state index in [1.54, 1.807) is 12.1 Å². The number of nitrogens with one attached hydrogen (secondary N) is 1. The molecule has 10 heteroatoms. The molecule has 2 aromatic carbocycles. The van der Waals surface area contributed by atoms with Crippen molar-refractivity contribution in [3.63, 3.8) is 0 Å². The third-order valence-electron chi connectivity index (χ3n) is 7.29. The Labute approximate surface area is 234 Å². The quantitative estimate of drug-likeness (QED) is 0.292. The van der Waals surface area contributed by atoms with Crippen LogP contribution in [-0.2, 0) is 23.1 Å². The molecule has 0 bridgehead atoms. The van der Waals surface area contributed by atoms with Crippen molar-refractivity contribution in [1.29, 1.82) is 0 Å². The number of fused-ring (bicyclic) bond motifs is 1. The maximum atomic E-state index is 11.7. The van der Waals surface area contributed by atoms with E-state index in [2.05, 4.69) is 37.2 Å². The fourth-order valence-electron chi connectivity index (χ4n) is 5.19. The molecule has 5 rings (SSSR count). The number of sulfonamides is 1. The predicted octanol–water partition coefficient (Wildman–Crippen LogP) is 4.51. The van der Waals surface area contributed by atoms with Gasteiger partial charge in [-0.25, -0.2) is 13.6 Å². The second-order valence-corrected chi connectivity index (χ2v) is 12.0. The number of halogens is 1. The average Bonchev–Trinajstić information content (AvgIpc) is 2.93. The van der Waals surface area contributed by atoms with Gasteiger partial charge in [-0.3, -0.25) is 14.9 Å². The monoisotopic (exact) mass is 564 g/mol. The van der Waals surface area contributed by atoms with E-state index in [-0.39, 0.29) is 4.90 Å². The Morgan fingerprint density at radius 1 is 0.949 bits per heavy atom. The summed E-state index contributed by atoms with van der Waals surface area (Å²) < 4.78 is 23.3. The minimum atomic E-state index is -3.70. The summed E-state index contributed by atoms with van der Waals surface area (Å²) in [7, 11) is -3.70. The van der Waals surface area contributed by atoms with Gasteiger partial charge in [-0.05, 0) is 85.6 Å². The molecule has 2 aromatic heterocycles. The first-order valence-electron chi connectivity index (χ1n) is 13.1. The zero-order valence-electron chi connectivity index (χ0n) is 21.7. The van der Waals surface area contributed by atoms with Crippen molar-refractivity contribution in [1.82, 2.24) is 19.8 Å². The van der Waals surface area contributed by atoms with Crippen molar-refractivity contribution >= 4 is 38.2 Å². The lowest BCUT2D eigenvalue weighted by Gasteiger charge is -2.39. The van der Waals surface area contributed by atoms with E-state index in [1.165, 1.54) is 5.56 Å². The third-order valence-corrected chi connectivity index (χ3v) is 8.46. The molecule has 0 aliphatic carbocycles. The molecule has 3 heterocycles. The summed E-state index contributed by atoms with van der Waals surface area (Å²) in [5, 5.41) is 10.6. The minimum absolute atomic E-state index is 0.136. The van der Waals surface area contributed by atoms with Crippen LogP contribution in [0, 0.1) is 0 Å². The molecule has 8 nitrogen and oxygen atoms in total. The van der Waals surface area contributed by atoms with Crippen LogP contribution < -0.4 is 10.5 Å². The second-order valence-electron chi connectivity index (χ2n) is 9.97. The predicted molar refractivity (Wildman–Crippen MR) is 156 cm³/mol. The fourth-order valence-corrected chi connectivity index (χ4v) is 5.87. The number of nitrogens with two attached hydrogens (primary N) is 1. The number of pyridine rings is 2. The van der Waals surface area contributed by atoms with Crippen LogP contribution in [0.1, 0.15) is 24.0 Å². The van der Waals surface area contributed by atoms with Crippen molar-refractivity contribution < 1.29 is 8.42 Å². The zero-order valence-corrected chi connectivity index (χ0v) is 23.3. The maximum absolute atomic E-state index is 11.7. The first-order chi connectivity index (χ1) is 18.8. The van der Waals surface area contributed by atoms with E-state index >= 15 is 0 Å². The third kappa shape index (κ3) is 7.32. The molecule has 1 saturated heterocycles. The molecule has 1 aliphatic rings. The topological polar surface area (TPSA) is 104 Å². The number of anilines is 1. The van der Waals surface area contributed by atoms with Gasteiger partial charge in [0.25, 0.3) is 0 Å². The molecule has 0 amide bonds. The first-order valence-corrected chi connectivity index (χ1v) is 15.0. The van der Waals surface area contributed by atoms with E-state index in [0.717, 1.165) is 74.3 Å². The van der Waals surface area contributed by atoms with E-state index in [9.17, 15) is 8.42 Å². The van der Waals surface area contributed by atoms with Crippen molar-refractivity contribution in [2.75, 3.05) is 31.5 Å². The largest absolute Gasteiger partial charge is 0.383 e. The molecular formula is C29H33ClN6O2S. The van der Waals surface area contributed by atoms with Gasteiger partial charge >= 0.3 is 0 Å². The highest BCUT2D eigenvalue weighted by Crippen LogP contribution is 2.25. The molecule has 4 aromatic rings. The Kier molecular flexibility index (Phi) is 8.74. The van der Waals surface area contributed by atoms with E-state index < -0.39 is 10.0 Å². The lowest BCUT2D eigenvalue weighted by Crippen LogP contribution is -2.45. The Morgan fingerprint density at radius 2 is 1.64 bits per heavy atom. The Hall–Kier alpha value is -3.08. The zero-order chi connectivity index (χ0) is 27.2. The molecule has 0 atom stereocenters. The van der Waals surface area contributed by atoms with Crippen LogP contribution in [0.2, 0.25) is 5.02 Å². The van der Waals surface area contributed by atoms with Gasteiger partial charge in [0.1, 0.15) is 0 Å². The summed E-state index contributed by atoms with van der Waals surface area (Å²) in [5.74, 6) is 0. The molecule has 0 spiro atoms. The van der Waals surface area contributed by atoms with Gasteiger partial charge in [-0.1, -0.05) is 23.7 Å². The normalized spacial score (nSPS) is 15.2. The number of hydrogen-bond acceptors (Lipinski definition) is 7. The average molecular weight is 565 g/mol. The molecule has 1 fully saturated rings. The van der Waals surface area contributed by atoms with Gasteiger partial charge in [0.15, 0.2) is 0 Å². The van der Waals surface area contributed by atoms with Crippen molar-refractivity contribution in [3.05, 3.63) is 95.4 Å². The van der Waals surface area contributed by atoms with Crippen LogP contribution in [0.15, 0.2) is 84.1 Å². The molecule has 3 N–H and O–H groups in total. The fraction of sp³-hybridized carbons (Fsp3) is 0.310. The molecule has 0 saturated carbocycles. The number of primary sulfonamides is 1. The number of nitrogens with zero attached hydrogens (tertiary/aromatic N) is 4. The van der Waals surface area contributed by atoms with E-state index in [4.69, 9.17) is 16.7 Å². The number of benzene rings is 2. The van der Waals surface area contributed by atoms with Crippen LogP contribution in [0.3, 0.4) is 0 Å². The number of hydrogen-bond donors (Lipinski definition) is 2. The summed E-state index contributed by atoms with van der Waals surface area (Å²) in [6, 6.07) is 19.2. The number of rotatable bonds is 10. The smallest absolute Gasteiger partial charge is 0.238 e. The molecule has 0 unspecified atom stereocenters. The SMILES string of the molecule is NS(=O)(=O)c1ccc(CN(Cc2ccncc2)C2CCN(CCNc3ccnc4cc(Cl)ccc34)CC2)cc1. The summed E-state index contributed by atoms with van der Waals surface area (Å²) in [6.07, 6.45) is 7.59. The summed E-state index contributed by atoms with van der Waals surface area (Å²) >= 11 is 6.12. The van der Waals surface area contributed by atoms with Gasteiger partial charge in [0.05, 0.1) is 10.4 Å². The Bertz CT molecular complexity index is 1490. The maximum Gasteiger partial charge on any atom is 0.238 e. The number of likely N-dealkylation sites (tertiary alicyclic amines) is 1. The van der Waals surface area contributed by atoms with Gasteiger partial charge in [0.2, 0.25) is 10.0 Å². The number of piperidine rings is 1. The molecule has 0 radical (unpaired) electrons. The van der Waals surface area contributed by atoms with Crippen LogP contribution >= 0.6 is 11.6 Å². The lowest BCUT2D eigenvalue weighted by molar-refractivity contribution is 0.0984. The molecular weight excluding hydrogens is 532 g/mol. The van der Waals surface area contributed by atoms with Gasteiger partial charge in [-0.2, -0.15) is 0 Å². The summed E-state index contributed by atoms with van der Waals surface area (Å²) in [4.78, 5) is 13.7. The minimum Gasteiger partial charge on any atom is -0.383 e. The highest BCUT2D eigenvalue weighted by molar-refractivity contribution is 7.89. The van der Waals surface area contributed by atoms with Crippen molar-refractivity contribution in [2.45, 2.75) is 36.9 Å². The van der Waals surface area contributed by atoms with Gasteiger partial charge in [-0.15, -0.1) is 0 Å². The van der Waals surface area contributed by atoms with Crippen LogP contribution in [0.4, 0.5) is 5.69 Å². The van der Waals surface area contributed by atoms with Crippen molar-refractivity contribution in [3.8, 4) is 0 Å². The van der Waals surface area contributed by atoms with E-state index in [0.29, 0.717) is 11.1 Å². The van der Waals surface area contributed by atoms with Crippen molar-refractivity contribution in [2.24, 2.45) is 5.14 Å². The highest BCUT2D eigenvalue weighted by atomic mass is 35.5. The molecule has 1 aliphatic heterocycles. The Balaban J connectivity index is 1.18. The second kappa shape index (κ2) is 12.4. The highest BCUT2D eigenvalue weighted by Gasteiger charge is 2.25. The summed E-state index contributed by atoms with van der Waals surface area (Å²) in [5.41, 5.74) is 4.24.